The molecule has 0 amide bonds. The van der Waals surface area contributed by atoms with Crippen molar-refractivity contribution in [3.63, 3.8) is 0 Å². The molecule has 2 aromatic carbocycles. The van der Waals surface area contributed by atoms with Gasteiger partial charge in [-0.2, -0.15) is 14.1 Å². The van der Waals surface area contributed by atoms with Crippen LogP contribution >= 0.6 is 23.2 Å². The van der Waals surface area contributed by atoms with Crippen LogP contribution in [0.25, 0.3) is 5.69 Å². The lowest BCUT2D eigenvalue weighted by Gasteiger charge is -2.17. The molecule has 32 heavy (non-hydrogen) atoms. The second-order valence-electron chi connectivity index (χ2n) is 6.93. The van der Waals surface area contributed by atoms with Gasteiger partial charge in [0.2, 0.25) is 10.0 Å². The summed E-state index contributed by atoms with van der Waals surface area (Å²) in [5.74, 6) is -0.318. The van der Waals surface area contributed by atoms with Crippen LogP contribution in [0.1, 0.15) is 12.8 Å². The Kier molecular flexibility index (Phi) is 5.99. The number of phenols is 1. The molecule has 168 valence electrons. The van der Waals surface area contributed by atoms with Crippen LogP contribution in [0.15, 0.2) is 51.0 Å². The van der Waals surface area contributed by atoms with Gasteiger partial charge in [0.25, 0.3) is 5.56 Å². The van der Waals surface area contributed by atoms with Gasteiger partial charge in [-0.3, -0.25) is 9.78 Å². The number of nitrogens with one attached hydrogen (secondary N) is 1. The number of aromatic hydroxyl groups is 1. The smallest absolute Gasteiger partial charge is 0.349 e. The van der Waals surface area contributed by atoms with Gasteiger partial charge in [-0.1, -0.05) is 23.2 Å². The van der Waals surface area contributed by atoms with E-state index in [0.717, 1.165) is 23.7 Å². The standard InChI is InChI=1S/C19H16Cl2N4O6S/c20-13-7-11(25-19(28)23-17(27)10-22-25)8-14(21)18(13)31-12-3-4-15(26)16(9-12)32(29,30)24-5-1-2-6-24/h3-4,7-10,26H,1-2,5-6H2,(H,23,27,28). The van der Waals surface area contributed by atoms with Gasteiger partial charge >= 0.3 is 5.69 Å². The van der Waals surface area contributed by atoms with Gasteiger partial charge in [0.05, 0.1) is 15.7 Å². The Morgan fingerprint density at radius 1 is 1.06 bits per heavy atom. The van der Waals surface area contributed by atoms with E-state index in [9.17, 15) is 23.1 Å². The summed E-state index contributed by atoms with van der Waals surface area (Å²) in [5.41, 5.74) is -1.26. The molecule has 2 heterocycles. The molecule has 10 nitrogen and oxygen atoms in total. The maximum Gasteiger partial charge on any atom is 0.349 e. The van der Waals surface area contributed by atoms with Crippen molar-refractivity contribution >= 4 is 33.2 Å². The third-order valence-electron chi connectivity index (χ3n) is 4.77. The molecule has 0 unspecified atom stereocenters. The highest BCUT2D eigenvalue weighted by atomic mass is 35.5. The highest BCUT2D eigenvalue weighted by Gasteiger charge is 2.30. The average Bonchev–Trinajstić information content (AvgIpc) is 3.27. The van der Waals surface area contributed by atoms with Crippen LogP contribution < -0.4 is 16.0 Å². The number of phenolic OH excluding ortho intramolecular Hbond substituents is 1. The molecule has 0 spiro atoms. The molecule has 1 fully saturated rings. The first-order valence-corrected chi connectivity index (χ1v) is 11.6. The van der Waals surface area contributed by atoms with Gasteiger partial charge in [0.15, 0.2) is 5.75 Å². The Morgan fingerprint density at radius 3 is 2.34 bits per heavy atom. The fourth-order valence-electron chi connectivity index (χ4n) is 3.25. The maximum atomic E-state index is 12.8. The molecule has 0 bridgehead atoms. The van der Waals surface area contributed by atoms with E-state index < -0.39 is 27.0 Å². The Bertz CT molecular complexity index is 1390. The van der Waals surface area contributed by atoms with Crippen LogP contribution in [0.3, 0.4) is 0 Å². The third-order valence-corrected chi connectivity index (χ3v) is 7.26. The number of nitrogens with zero attached hydrogens (tertiary/aromatic N) is 3. The van der Waals surface area contributed by atoms with Crippen molar-refractivity contribution in [3.05, 3.63) is 67.4 Å². The molecule has 0 atom stereocenters. The van der Waals surface area contributed by atoms with Crippen molar-refractivity contribution in [2.75, 3.05) is 13.1 Å². The fourth-order valence-corrected chi connectivity index (χ4v) is 5.42. The van der Waals surface area contributed by atoms with Crippen molar-refractivity contribution in [2.45, 2.75) is 17.7 Å². The van der Waals surface area contributed by atoms with E-state index in [1.807, 2.05) is 0 Å². The van der Waals surface area contributed by atoms with Crippen LogP contribution in [-0.4, -0.2) is 45.7 Å². The number of rotatable bonds is 5. The summed E-state index contributed by atoms with van der Waals surface area (Å²) in [4.78, 5) is 24.9. The lowest BCUT2D eigenvalue weighted by atomic mass is 10.3. The summed E-state index contributed by atoms with van der Waals surface area (Å²) >= 11 is 12.6. The number of aromatic amines is 1. The summed E-state index contributed by atoms with van der Waals surface area (Å²) in [6.07, 6.45) is 2.42. The number of ether oxygens (including phenoxy) is 1. The number of aromatic nitrogens is 3. The molecular weight excluding hydrogens is 483 g/mol. The van der Waals surface area contributed by atoms with E-state index in [2.05, 4.69) is 10.1 Å². The zero-order valence-corrected chi connectivity index (χ0v) is 18.6. The Hall–Kier alpha value is -2.86. The number of benzene rings is 2. The molecule has 1 saturated heterocycles. The summed E-state index contributed by atoms with van der Waals surface area (Å²) in [6, 6.07) is 6.46. The topological polar surface area (TPSA) is 135 Å². The van der Waals surface area contributed by atoms with E-state index in [4.69, 9.17) is 27.9 Å². The van der Waals surface area contributed by atoms with Gasteiger partial charge in [-0.05, 0) is 37.1 Å². The Labute approximate surface area is 191 Å². The fraction of sp³-hybridized carbons (Fsp3) is 0.211. The number of halogens is 2. The quantitative estimate of drug-likeness (QED) is 0.551. The zero-order chi connectivity index (χ0) is 23.0. The first kappa shape index (κ1) is 22.3. The summed E-state index contributed by atoms with van der Waals surface area (Å²) in [7, 11) is -3.89. The van der Waals surface area contributed by atoms with E-state index >= 15 is 0 Å². The molecule has 0 radical (unpaired) electrons. The SMILES string of the molecule is O=c1cnn(-c2cc(Cl)c(Oc3ccc(O)c(S(=O)(=O)N4CCCC4)c3)c(Cl)c2)c(=O)[nH]1. The summed E-state index contributed by atoms with van der Waals surface area (Å²) in [6.45, 7) is 0.758. The second-order valence-corrected chi connectivity index (χ2v) is 9.65. The zero-order valence-electron chi connectivity index (χ0n) is 16.3. The van der Waals surface area contributed by atoms with Gasteiger partial charge in [-0.15, -0.1) is 0 Å². The van der Waals surface area contributed by atoms with E-state index in [0.29, 0.717) is 13.1 Å². The molecule has 13 heteroatoms. The first-order chi connectivity index (χ1) is 15.2. The highest BCUT2D eigenvalue weighted by Crippen LogP contribution is 2.40. The predicted octanol–water partition coefficient (Wildman–Crippen LogP) is 2.51. The van der Waals surface area contributed by atoms with Gasteiger partial charge in [0.1, 0.15) is 22.6 Å². The molecule has 2 N–H and O–H groups in total. The summed E-state index contributed by atoms with van der Waals surface area (Å²) in [5, 5.41) is 13.9. The van der Waals surface area contributed by atoms with Crippen LogP contribution in [-0.2, 0) is 10.0 Å². The number of H-pyrrole nitrogens is 1. The monoisotopic (exact) mass is 498 g/mol. The lowest BCUT2D eigenvalue weighted by Crippen LogP contribution is -2.30. The molecular formula is C19H16Cl2N4O6S. The molecule has 0 saturated carbocycles. The number of hydrogen-bond donors (Lipinski definition) is 2. The molecule has 3 aromatic rings. The van der Waals surface area contributed by atoms with E-state index in [-0.39, 0.29) is 32.1 Å². The van der Waals surface area contributed by atoms with Crippen LogP contribution in [0, 0.1) is 0 Å². The van der Waals surface area contributed by atoms with Crippen molar-refractivity contribution in [1.82, 2.24) is 19.1 Å². The first-order valence-electron chi connectivity index (χ1n) is 9.36. The second kappa shape index (κ2) is 8.58. The van der Waals surface area contributed by atoms with E-state index in [1.54, 1.807) is 0 Å². The normalized spacial score (nSPS) is 14.6. The minimum Gasteiger partial charge on any atom is -0.507 e. The van der Waals surface area contributed by atoms with Crippen molar-refractivity contribution in [2.24, 2.45) is 0 Å². The van der Waals surface area contributed by atoms with E-state index in [1.165, 1.54) is 34.6 Å². The maximum absolute atomic E-state index is 12.8. The van der Waals surface area contributed by atoms with Crippen LogP contribution in [0.4, 0.5) is 0 Å². The molecule has 1 aromatic heterocycles. The molecule has 1 aliphatic rings. The number of sulfonamides is 1. The number of hydrogen-bond acceptors (Lipinski definition) is 7. The molecule has 4 rings (SSSR count). The largest absolute Gasteiger partial charge is 0.507 e. The highest BCUT2D eigenvalue weighted by molar-refractivity contribution is 7.89. The average molecular weight is 499 g/mol. The molecule has 0 aliphatic carbocycles. The Morgan fingerprint density at radius 2 is 1.72 bits per heavy atom. The van der Waals surface area contributed by atoms with Crippen molar-refractivity contribution in [1.29, 1.82) is 0 Å². The van der Waals surface area contributed by atoms with Crippen molar-refractivity contribution in [3.8, 4) is 22.9 Å². The van der Waals surface area contributed by atoms with Gasteiger partial charge in [-0.25, -0.2) is 13.2 Å². The van der Waals surface area contributed by atoms with Crippen LogP contribution in [0.5, 0.6) is 17.2 Å². The minimum atomic E-state index is -3.89. The minimum absolute atomic E-state index is 0.00410. The Balaban J connectivity index is 1.69. The molecule has 1 aliphatic heterocycles. The van der Waals surface area contributed by atoms with Gasteiger partial charge < -0.3 is 9.84 Å². The summed E-state index contributed by atoms with van der Waals surface area (Å²) < 4.78 is 33.6. The van der Waals surface area contributed by atoms with Crippen LogP contribution in [0.2, 0.25) is 10.0 Å². The lowest BCUT2D eigenvalue weighted by molar-refractivity contribution is 0.436. The third kappa shape index (κ3) is 4.24. The van der Waals surface area contributed by atoms with Crippen molar-refractivity contribution < 1.29 is 18.3 Å². The van der Waals surface area contributed by atoms with Gasteiger partial charge in [0, 0.05) is 19.2 Å². The predicted molar refractivity (Wildman–Crippen MR) is 117 cm³/mol.